The smallest absolute Gasteiger partial charge is 0.255 e. The lowest BCUT2D eigenvalue weighted by molar-refractivity contribution is 0.0732. The van der Waals surface area contributed by atoms with Crippen molar-refractivity contribution in [3.8, 4) is 0 Å². The predicted octanol–water partition coefficient (Wildman–Crippen LogP) is 4.39. The van der Waals surface area contributed by atoms with E-state index in [9.17, 15) is 4.79 Å². The molecule has 0 aromatic heterocycles. The van der Waals surface area contributed by atoms with Crippen molar-refractivity contribution < 1.29 is 4.79 Å². The van der Waals surface area contributed by atoms with Crippen molar-refractivity contribution >= 4 is 34.5 Å². The SMILES string of the molecule is CC(C)CCN(C(=O)c1ccc(Br)cc1S)C1CC1. The van der Waals surface area contributed by atoms with Gasteiger partial charge in [0.25, 0.3) is 5.91 Å². The van der Waals surface area contributed by atoms with Gasteiger partial charge in [0.05, 0.1) is 5.56 Å². The molecule has 1 aromatic carbocycles. The zero-order valence-corrected chi connectivity index (χ0v) is 13.9. The monoisotopic (exact) mass is 341 g/mol. The summed E-state index contributed by atoms with van der Waals surface area (Å²) in [6.45, 7) is 5.24. The van der Waals surface area contributed by atoms with E-state index in [0.717, 1.165) is 35.2 Å². The highest BCUT2D eigenvalue weighted by atomic mass is 79.9. The van der Waals surface area contributed by atoms with Crippen LogP contribution in [0.5, 0.6) is 0 Å². The van der Waals surface area contributed by atoms with Gasteiger partial charge in [0, 0.05) is 22.0 Å². The molecule has 0 heterocycles. The minimum absolute atomic E-state index is 0.126. The van der Waals surface area contributed by atoms with Gasteiger partial charge in [0.15, 0.2) is 0 Å². The average Bonchev–Trinajstić information content (AvgIpc) is 3.13. The Morgan fingerprint density at radius 2 is 2.16 bits per heavy atom. The van der Waals surface area contributed by atoms with E-state index in [0.29, 0.717) is 17.5 Å². The zero-order chi connectivity index (χ0) is 14.0. The lowest BCUT2D eigenvalue weighted by Crippen LogP contribution is -2.34. The van der Waals surface area contributed by atoms with Crippen LogP contribution < -0.4 is 0 Å². The maximum absolute atomic E-state index is 12.6. The molecule has 0 aliphatic heterocycles. The highest BCUT2D eigenvalue weighted by Gasteiger charge is 2.33. The summed E-state index contributed by atoms with van der Waals surface area (Å²) in [6, 6.07) is 6.09. The van der Waals surface area contributed by atoms with Crippen LogP contribution in [0, 0.1) is 5.92 Å². The van der Waals surface area contributed by atoms with Gasteiger partial charge in [0.2, 0.25) is 0 Å². The summed E-state index contributed by atoms with van der Waals surface area (Å²) in [6.07, 6.45) is 3.34. The van der Waals surface area contributed by atoms with Gasteiger partial charge in [-0.2, -0.15) is 0 Å². The third kappa shape index (κ3) is 3.99. The van der Waals surface area contributed by atoms with Crippen molar-refractivity contribution in [1.29, 1.82) is 0 Å². The van der Waals surface area contributed by atoms with Crippen molar-refractivity contribution in [2.24, 2.45) is 5.92 Å². The molecule has 104 valence electrons. The highest BCUT2D eigenvalue weighted by Crippen LogP contribution is 2.30. The van der Waals surface area contributed by atoms with Gasteiger partial charge < -0.3 is 4.90 Å². The van der Waals surface area contributed by atoms with Crippen molar-refractivity contribution in [2.75, 3.05) is 6.54 Å². The van der Waals surface area contributed by atoms with E-state index in [4.69, 9.17) is 0 Å². The molecule has 1 saturated carbocycles. The third-order valence-corrected chi connectivity index (χ3v) is 4.25. The van der Waals surface area contributed by atoms with Gasteiger partial charge >= 0.3 is 0 Å². The topological polar surface area (TPSA) is 20.3 Å². The Bertz CT molecular complexity index is 471. The molecule has 0 N–H and O–H groups in total. The quantitative estimate of drug-likeness (QED) is 0.787. The minimum atomic E-state index is 0.126. The summed E-state index contributed by atoms with van der Waals surface area (Å²) < 4.78 is 0.953. The Hall–Kier alpha value is -0.480. The fourth-order valence-electron chi connectivity index (χ4n) is 2.07. The summed E-state index contributed by atoms with van der Waals surface area (Å²) in [5.41, 5.74) is 0.710. The van der Waals surface area contributed by atoms with Crippen LogP contribution in [0.2, 0.25) is 0 Å². The summed E-state index contributed by atoms with van der Waals surface area (Å²) in [7, 11) is 0. The number of thiol groups is 1. The van der Waals surface area contributed by atoms with E-state index < -0.39 is 0 Å². The van der Waals surface area contributed by atoms with Crippen LogP contribution in [-0.2, 0) is 0 Å². The van der Waals surface area contributed by atoms with Crippen LogP contribution in [-0.4, -0.2) is 23.4 Å². The number of halogens is 1. The molecule has 1 aliphatic rings. The van der Waals surface area contributed by atoms with E-state index >= 15 is 0 Å². The van der Waals surface area contributed by atoms with Crippen LogP contribution in [0.15, 0.2) is 27.6 Å². The lowest BCUT2D eigenvalue weighted by Gasteiger charge is -2.24. The molecular weight excluding hydrogens is 322 g/mol. The molecule has 0 saturated heterocycles. The Labute approximate surface area is 129 Å². The first-order chi connectivity index (χ1) is 8.99. The van der Waals surface area contributed by atoms with Gasteiger partial charge in [0.1, 0.15) is 0 Å². The van der Waals surface area contributed by atoms with Gasteiger partial charge in [-0.05, 0) is 43.4 Å². The number of nitrogens with zero attached hydrogens (tertiary/aromatic N) is 1. The summed E-state index contributed by atoms with van der Waals surface area (Å²) in [5, 5.41) is 0. The third-order valence-electron chi connectivity index (χ3n) is 3.39. The summed E-state index contributed by atoms with van der Waals surface area (Å²) in [5.74, 6) is 0.745. The van der Waals surface area contributed by atoms with Crippen molar-refractivity contribution in [3.05, 3.63) is 28.2 Å². The van der Waals surface area contributed by atoms with E-state index in [1.165, 1.54) is 0 Å². The number of carbonyl (C=O) groups excluding carboxylic acids is 1. The van der Waals surface area contributed by atoms with Crippen LogP contribution >= 0.6 is 28.6 Å². The second-order valence-electron chi connectivity index (χ2n) is 5.57. The van der Waals surface area contributed by atoms with E-state index in [-0.39, 0.29) is 5.91 Å². The number of rotatable bonds is 5. The molecule has 1 fully saturated rings. The fourth-order valence-corrected chi connectivity index (χ4v) is 2.92. The number of benzene rings is 1. The van der Waals surface area contributed by atoms with Gasteiger partial charge in [-0.15, -0.1) is 12.6 Å². The standard InChI is InChI=1S/C15H20BrNOS/c1-10(2)7-8-17(12-4-5-12)15(18)13-6-3-11(16)9-14(13)19/h3,6,9-10,12,19H,4-5,7-8H2,1-2H3. The largest absolute Gasteiger partial charge is 0.336 e. The molecule has 1 aromatic rings. The van der Waals surface area contributed by atoms with E-state index in [1.807, 2.05) is 23.1 Å². The van der Waals surface area contributed by atoms with Crippen molar-refractivity contribution in [1.82, 2.24) is 4.90 Å². The molecule has 1 amide bonds. The van der Waals surface area contributed by atoms with Crippen LogP contribution in [0.4, 0.5) is 0 Å². The second-order valence-corrected chi connectivity index (χ2v) is 6.97. The van der Waals surface area contributed by atoms with Gasteiger partial charge in [-0.1, -0.05) is 29.8 Å². The lowest BCUT2D eigenvalue weighted by atomic mass is 10.1. The minimum Gasteiger partial charge on any atom is -0.336 e. The molecule has 0 unspecified atom stereocenters. The van der Waals surface area contributed by atoms with Crippen molar-refractivity contribution in [2.45, 2.75) is 44.0 Å². The Balaban J connectivity index is 2.14. The average molecular weight is 342 g/mol. The van der Waals surface area contributed by atoms with Crippen molar-refractivity contribution in [3.63, 3.8) is 0 Å². The van der Waals surface area contributed by atoms with Gasteiger partial charge in [-0.25, -0.2) is 0 Å². The first kappa shape index (κ1) is 14.9. The number of carbonyl (C=O) groups is 1. The summed E-state index contributed by atoms with van der Waals surface area (Å²) >= 11 is 7.82. The predicted molar refractivity (Wildman–Crippen MR) is 84.9 cm³/mol. The molecule has 2 rings (SSSR count). The Kier molecular flexibility index (Phi) is 4.96. The second kappa shape index (κ2) is 6.31. The maximum Gasteiger partial charge on any atom is 0.255 e. The molecule has 0 atom stereocenters. The molecule has 2 nitrogen and oxygen atoms in total. The summed E-state index contributed by atoms with van der Waals surface area (Å²) in [4.78, 5) is 15.4. The van der Waals surface area contributed by atoms with Crippen LogP contribution in [0.25, 0.3) is 0 Å². The molecule has 0 bridgehead atoms. The Morgan fingerprint density at radius 3 is 2.68 bits per heavy atom. The van der Waals surface area contributed by atoms with Crippen LogP contribution in [0.1, 0.15) is 43.5 Å². The molecule has 0 radical (unpaired) electrons. The normalized spacial score (nSPS) is 14.8. The van der Waals surface area contributed by atoms with E-state index in [2.05, 4.69) is 42.4 Å². The number of hydrogen-bond acceptors (Lipinski definition) is 2. The number of amides is 1. The Morgan fingerprint density at radius 1 is 1.47 bits per heavy atom. The molecule has 19 heavy (non-hydrogen) atoms. The fraction of sp³-hybridized carbons (Fsp3) is 0.533. The molecule has 1 aliphatic carbocycles. The molecule has 0 spiro atoms. The molecular formula is C15H20BrNOS. The maximum atomic E-state index is 12.6. The first-order valence-electron chi connectivity index (χ1n) is 6.78. The van der Waals surface area contributed by atoms with E-state index in [1.54, 1.807) is 0 Å². The molecule has 4 heteroatoms. The highest BCUT2D eigenvalue weighted by molar-refractivity contribution is 9.10. The number of hydrogen-bond donors (Lipinski definition) is 1. The first-order valence-corrected chi connectivity index (χ1v) is 8.02. The van der Waals surface area contributed by atoms with Gasteiger partial charge in [-0.3, -0.25) is 4.79 Å². The zero-order valence-electron chi connectivity index (χ0n) is 11.4. The van der Waals surface area contributed by atoms with Crippen LogP contribution in [0.3, 0.4) is 0 Å².